The highest BCUT2D eigenvalue weighted by Gasteiger charge is 2.32. The summed E-state index contributed by atoms with van der Waals surface area (Å²) in [5.74, 6) is 0. The summed E-state index contributed by atoms with van der Waals surface area (Å²) in [4.78, 5) is 2.82. The van der Waals surface area contributed by atoms with Crippen LogP contribution in [0.5, 0.6) is 0 Å². The average Bonchev–Trinajstić information content (AvgIpc) is 2.42. The van der Waals surface area contributed by atoms with Gasteiger partial charge in [0.05, 0.1) is 0 Å². The van der Waals surface area contributed by atoms with Gasteiger partial charge in [-0.15, -0.1) is 12.4 Å². The van der Waals surface area contributed by atoms with Crippen LogP contribution in [0.3, 0.4) is 0 Å². The maximum atomic E-state index is 12.4. The first kappa shape index (κ1) is 21.1. The van der Waals surface area contributed by atoms with Crippen LogP contribution < -0.4 is 10.5 Å². The van der Waals surface area contributed by atoms with Crippen molar-refractivity contribution >= 4 is 22.4 Å². The molecule has 0 amide bonds. The van der Waals surface area contributed by atoms with Crippen LogP contribution in [0, 0.1) is 0 Å². The number of aromatic nitrogens is 1. The van der Waals surface area contributed by atoms with E-state index in [-0.39, 0.29) is 23.8 Å². The number of sulfonamides is 1. The fourth-order valence-electron chi connectivity index (χ4n) is 1.67. The molecule has 0 aromatic carbocycles. The van der Waals surface area contributed by atoms with E-state index in [2.05, 4.69) is 9.71 Å². The second kappa shape index (κ2) is 8.66. The van der Waals surface area contributed by atoms with Crippen molar-refractivity contribution in [1.29, 1.82) is 0 Å². The highest BCUT2D eigenvalue weighted by molar-refractivity contribution is 7.89. The van der Waals surface area contributed by atoms with Crippen LogP contribution in [0.25, 0.3) is 0 Å². The first-order valence-corrected chi connectivity index (χ1v) is 7.94. The molecule has 0 saturated heterocycles. The van der Waals surface area contributed by atoms with Crippen molar-refractivity contribution in [2.75, 3.05) is 6.54 Å². The molecule has 1 aromatic rings. The normalized spacial score (nSPS) is 13.5. The summed E-state index contributed by atoms with van der Waals surface area (Å²) in [5, 5.41) is 0. The Balaban J connectivity index is 0.00000441. The minimum atomic E-state index is -4.60. The van der Waals surface area contributed by atoms with Crippen molar-refractivity contribution in [2.24, 2.45) is 5.73 Å². The van der Waals surface area contributed by atoms with Crippen molar-refractivity contribution in [3.63, 3.8) is 0 Å². The smallest absolute Gasteiger partial charge is 0.329 e. The third-order valence-electron chi connectivity index (χ3n) is 2.85. The molecule has 3 N–H and O–H groups in total. The Kier molecular flexibility index (Phi) is 8.30. The van der Waals surface area contributed by atoms with Gasteiger partial charge >= 0.3 is 6.18 Å². The largest absolute Gasteiger partial charge is 0.433 e. The fourth-order valence-corrected chi connectivity index (χ4v) is 2.90. The zero-order valence-corrected chi connectivity index (χ0v) is 13.6. The summed E-state index contributed by atoms with van der Waals surface area (Å²) in [6, 6.07) is 1.07. The van der Waals surface area contributed by atoms with Crippen LogP contribution in [0.15, 0.2) is 23.2 Å². The predicted molar refractivity (Wildman–Crippen MR) is 79.2 cm³/mol. The molecule has 0 aliphatic rings. The van der Waals surface area contributed by atoms with Crippen molar-refractivity contribution in [3.8, 4) is 0 Å². The minimum Gasteiger partial charge on any atom is -0.329 e. The Hall–Kier alpha value is -0.900. The van der Waals surface area contributed by atoms with Gasteiger partial charge in [0.2, 0.25) is 10.0 Å². The average molecular weight is 362 g/mol. The Bertz CT molecular complexity index is 550. The lowest BCUT2D eigenvalue weighted by Crippen LogP contribution is -2.40. The van der Waals surface area contributed by atoms with Crippen molar-refractivity contribution < 1.29 is 21.6 Å². The van der Waals surface area contributed by atoms with E-state index in [9.17, 15) is 21.6 Å². The van der Waals surface area contributed by atoms with Crippen molar-refractivity contribution in [2.45, 2.75) is 43.3 Å². The quantitative estimate of drug-likeness (QED) is 0.780. The first-order chi connectivity index (χ1) is 9.70. The summed E-state index contributed by atoms with van der Waals surface area (Å²) in [5.41, 5.74) is 4.35. The number of alkyl halides is 3. The molecule has 0 saturated carbocycles. The minimum absolute atomic E-state index is 0. The zero-order valence-electron chi connectivity index (χ0n) is 11.9. The van der Waals surface area contributed by atoms with Gasteiger partial charge in [-0.25, -0.2) is 13.1 Å². The SMILES string of the molecule is CCCCC(CN)NS(=O)(=O)c1ccc(C(F)(F)F)nc1.Cl. The maximum Gasteiger partial charge on any atom is 0.433 e. The molecule has 0 spiro atoms. The summed E-state index contributed by atoms with van der Waals surface area (Å²) < 4.78 is 63.6. The molecular weight excluding hydrogens is 343 g/mol. The van der Waals surface area contributed by atoms with Gasteiger partial charge in [0.25, 0.3) is 0 Å². The van der Waals surface area contributed by atoms with Crippen LogP contribution in [-0.4, -0.2) is 26.0 Å². The third kappa shape index (κ3) is 6.07. The van der Waals surface area contributed by atoms with E-state index in [1.165, 1.54) is 0 Å². The molecule has 128 valence electrons. The molecule has 0 fully saturated rings. The van der Waals surface area contributed by atoms with E-state index in [0.717, 1.165) is 18.9 Å². The highest BCUT2D eigenvalue weighted by Crippen LogP contribution is 2.27. The van der Waals surface area contributed by atoms with Crippen LogP contribution in [0.1, 0.15) is 31.9 Å². The molecule has 10 heteroatoms. The van der Waals surface area contributed by atoms with E-state index in [1.54, 1.807) is 0 Å². The van der Waals surface area contributed by atoms with E-state index < -0.39 is 27.9 Å². The van der Waals surface area contributed by atoms with E-state index in [1.807, 2.05) is 6.92 Å². The molecule has 0 radical (unpaired) electrons. The molecule has 0 bridgehead atoms. The number of hydrogen-bond acceptors (Lipinski definition) is 4. The molecule has 0 aliphatic heterocycles. The lowest BCUT2D eigenvalue weighted by molar-refractivity contribution is -0.141. The number of nitrogens with one attached hydrogen (secondary N) is 1. The van der Waals surface area contributed by atoms with Gasteiger partial charge < -0.3 is 5.73 Å². The Morgan fingerprint density at radius 2 is 2.00 bits per heavy atom. The summed E-state index contributed by atoms with van der Waals surface area (Å²) in [7, 11) is -3.92. The predicted octanol–water partition coefficient (Wildman–Crippen LogP) is 2.32. The fraction of sp³-hybridized carbons (Fsp3) is 0.583. The number of nitrogens with zero attached hydrogens (tertiary/aromatic N) is 1. The van der Waals surface area contributed by atoms with Gasteiger partial charge in [0.15, 0.2) is 0 Å². The molecule has 1 atom stereocenters. The standard InChI is InChI=1S/C12H18F3N3O2S.ClH/c1-2-3-4-9(7-16)18-21(19,20)10-5-6-11(17-8-10)12(13,14)15;/h5-6,8-9,18H,2-4,7,16H2,1H3;1H. The van der Waals surface area contributed by atoms with Crippen LogP contribution in [-0.2, 0) is 16.2 Å². The Morgan fingerprint density at radius 3 is 2.41 bits per heavy atom. The van der Waals surface area contributed by atoms with Gasteiger partial charge in [0.1, 0.15) is 10.6 Å². The lowest BCUT2D eigenvalue weighted by atomic mass is 10.1. The summed E-state index contributed by atoms with van der Waals surface area (Å²) in [6.07, 6.45) is -1.65. The van der Waals surface area contributed by atoms with Crippen LogP contribution >= 0.6 is 12.4 Å². The van der Waals surface area contributed by atoms with Gasteiger partial charge in [-0.2, -0.15) is 13.2 Å². The number of nitrogens with two attached hydrogens (primary N) is 1. The first-order valence-electron chi connectivity index (χ1n) is 6.46. The summed E-state index contributed by atoms with van der Waals surface area (Å²) >= 11 is 0. The van der Waals surface area contributed by atoms with E-state index in [4.69, 9.17) is 5.73 Å². The molecule has 1 aromatic heterocycles. The molecule has 1 unspecified atom stereocenters. The Morgan fingerprint density at radius 1 is 1.36 bits per heavy atom. The number of unbranched alkanes of at least 4 members (excludes halogenated alkanes) is 1. The number of rotatable bonds is 7. The molecule has 5 nitrogen and oxygen atoms in total. The Labute approximate surface area is 134 Å². The van der Waals surface area contributed by atoms with E-state index >= 15 is 0 Å². The lowest BCUT2D eigenvalue weighted by Gasteiger charge is -2.16. The molecule has 22 heavy (non-hydrogen) atoms. The number of halogens is 4. The summed E-state index contributed by atoms with van der Waals surface area (Å²) in [6.45, 7) is 2.08. The van der Waals surface area contributed by atoms with Crippen molar-refractivity contribution in [3.05, 3.63) is 24.0 Å². The third-order valence-corrected chi connectivity index (χ3v) is 4.36. The highest BCUT2D eigenvalue weighted by atomic mass is 35.5. The van der Waals surface area contributed by atoms with Gasteiger partial charge in [-0.1, -0.05) is 19.8 Å². The van der Waals surface area contributed by atoms with Gasteiger partial charge in [-0.05, 0) is 18.6 Å². The van der Waals surface area contributed by atoms with Crippen LogP contribution in [0.2, 0.25) is 0 Å². The van der Waals surface area contributed by atoms with E-state index in [0.29, 0.717) is 18.7 Å². The number of pyridine rings is 1. The monoisotopic (exact) mass is 361 g/mol. The molecule has 1 rings (SSSR count). The van der Waals surface area contributed by atoms with Gasteiger partial charge in [-0.3, -0.25) is 4.98 Å². The zero-order chi connectivity index (χ0) is 16.1. The molecular formula is C12H19ClF3N3O2S. The topological polar surface area (TPSA) is 85.1 Å². The maximum absolute atomic E-state index is 12.4. The van der Waals surface area contributed by atoms with Gasteiger partial charge in [0, 0.05) is 18.8 Å². The molecule has 0 aliphatic carbocycles. The van der Waals surface area contributed by atoms with Crippen molar-refractivity contribution in [1.82, 2.24) is 9.71 Å². The van der Waals surface area contributed by atoms with Crippen LogP contribution in [0.4, 0.5) is 13.2 Å². The molecule has 1 heterocycles. The number of hydrogen-bond donors (Lipinski definition) is 2. The second-order valence-electron chi connectivity index (χ2n) is 4.57. The second-order valence-corrected chi connectivity index (χ2v) is 6.29.